The lowest BCUT2D eigenvalue weighted by Gasteiger charge is -2.13. The van der Waals surface area contributed by atoms with Crippen molar-refractivity contribution in [2.75, 3.05) is 11.9 Å². The third-order valence-corrected chi connectivity index (χ3v) is 2.52. The first-order valence-corrected chi connectivity index (χ1v) is 5.54. The van der Waals surface area contributed by atoms with Crippen molar-refractivity contribution in [3.63, 3.8) is 0 Å². The first-order chi connectivity index (χ1) is 8.02. The van der Waals surface area contributed by atoms with Crippen molar-refractivity contribution in [3.05, 3.63) is 24.2 Å². The molecule has 0 spiro atoms. The number of nitrogens with zero attached hydrogens (tertiary/aromatic N) is 3. The summed E-state index contributed by atoms with van der Waals surface area (Å²) in [6, 6.07) is 2.05. The molecular weight excluding hydrogens is 212 g/mol. The Hall–Kier alpha value is -2.02. The quantitative estimate of drug-likeness (QED) is 0.800. The van der Waals surface area contributed by atoms with Gasteiger partial charge in [0.05, 0.1) is 12.2 Å². The molecule has 0 atom stereocenters. The van der Waals surface area contributed by atoms with E-state index in [0.29, 0.717) is 6.54 Å². The highest BCUT2D eigenvalue weighted by atomic mass is 15.2. The van der Waals surface area contributed by atoms with Crippen molar-refractivity contribution >= 4 is 11.3 Å². The van der Waals surface area contributed by atoms with Crippen LogP contribution in [0.3, 0.4) is 0 Å². The van der Waals surface area contributed by atoms with Crippen molar-refractivity contribution in [2.24, 2.45) is 0 Å². The van der Waals surface area contributed by atoms with Gasteiger partial charge in [0.1, 0.15) is 5.52 Å². The number of aromatic nitrogens is 3. The molecule has 4 heteroatoms. The van der Waals surface area contributed by atoms with E-state index in [-0.39, 0.29) is 5.41 Å². The van der Waals surface area contributed by atoms with Crippen LogP contribution < -0.4 is 5.32 Å². The highest BCUT2D eigenvalue weighted by Crippen LogP contribution is 2.24. The van der Waals surface area contributed by atoms with Gasteiger partial charge in [-0.15, -0.1) is 6.42 Å². The molecule has 0 saturated carbocycles. The third kappa shape index (κ3) is 2.23. The molecular formula is C13H16N4. The van der Waals surface area contributed by atoms with Crippen molar-refractivity contribution in [1.29, 1.82) is 0 Å². The number of anilines is 1. The molecule has 2 heterocycles. The Kier molecular flexibility index (Phi) is 2.76. The minimum Gasteiger partial charge on any atom is -0.357 e. The lowest BCUT2D eigenvalue weighted by atomic mass is 9.92. The monoisotopic (exact) mass is 228 g/mol. The van der Waals surface area contributed by atoms with Gasteiger partial charge < -0.3 is 5.32 Å². The maximum atomic E-state index is 5.23. The minimum atomic E-state index is 0.0232. The molecule has 0 bridgehead atoms. The molecule has 0 aliphatic heterocycles. The van der Waals surface area contributed by atoms with Gasteiger partial charge in [0.15, 0.2) is 5.82 Å². The van der Waals surface area contributed by atoms with Crippen molar-refractivity contribution < 1.29 is 0 Å². The van der Waals surface area contributed by atoms with Crippen LogP contribution >= 0.6 is 0 Å². The minimum absolute atomic E-state index is 0.0232. The summed E-state index contributed by atoms with van der Waals surface area (Å²) in [6.45, 7) is 6.87. The van der Waals surface area contributed by atoms with Crippen molar-refractivity contribution in [2.45, 2.75) is 26.2 Å². The second-order valence-electron chi connectivity index (χ2n) is 4.94. The van der Waals surface area contributed by atoms with Gasteiger partial charge in [0.25, 0.3) is 0 Å². The van der Waals surface area contributed by atoms with Crippen LogP contribution in [0.2, 0.25) is 0 Å². The average molecular weight is 228 g/mol. The van der Waals surface area contributed by atoms with Crippen LogP contribution in [-0.2, 0) is 5.41 Å². The zero-order chi connectivity index (χ0) is 12.5. The Labute approximate surface area is 101 Å². The van der Waals surface area contributed by atoms with Gasteiger partial charge in [-0.3, -0.25) is 0 Å². The molecule has 0 aliphatic carbocycles. The van der Waals surface area contributed by atoms with E-state index in [9.17, 15) is 0 Å². The lowest BCUT2D eigenvalue weighted by Crippen LogP contribution is -2.11. The SMILES string of the molecule is C#CCNc1nccn2nc(C(C)(C)C)cc12. The van der Waals surface area contributed by atoms with Gasteiger partial charge in [-0.2, -0.15) is 5.10 Å². The number of fused-ring (bicyclic) bond motifs is 1. The Bertz CT molecular complexity index is 569. The molecule has 0 unspecified atom stereocenters. The Morgan fingerprint density at radius 1 is 1.47 bits per heavy atom. The molecule has 2 aromatic heterocycles. The van der Waals surface area contributed by atoms with E-state index in [2.05, 4.69) is 42.1 Å². The summed E-state index contributed by atoms with van der Waals surface area (Å²) in [5.74, 6) is 3.31. The summed E-state index contributed by atoms with van der Waals surface area (Å²) in [7, 11) is 0. The zero-order valence-electron chi connectivity index (χ0n) is 10.4. The lowest BCUT2D eigenvalue weighted by molar-refractivity contribution is 0.562. The molecule has 4 nitrogen and oxygen atoms in total. The van der Waals surface area contributed by atoms with E-state index in [4.69, 9.17) is 6.42 Å². The summed E-state index contributed by atoms with van der Waals surface area (Å²) in [5.41, 5.74) is 2.01. The fourth-order valence-electron chi connectivity index (χ4n) is 1.56. The summed E-state index contributed by atoms with van der Waals surface area (Å²) in [4.78, 5) is 4.27. The van der Waals surface area contributed by atoms with E-state index in [1.165, 1.54) is 0 Å². The highest BCUT2D eigenvalue weighted by Gasteiger charge is 2.18. The second kappa shape index (κ2) is 4.10. The molecule has 17 heavy (non-hydrogen) atoms. The summed E-state index contributed by atoms with van der Waals surface area (Å²) in [5, 5.41) is 7.63. The van der Waals surface area contributed by atoms with Gasteiger partial charge >= 0.3 is 0 Å². The standard InChI is InChI=1S/C13H16N4/c1-5-6-14-12-10-9-11(13(2,3)4)16-17(10)8-7-15-12/h1,7-9H,6H2,2-4H3,(H,14,15). The first kappa shape index (κ1) is 11.5. The normalized spacial score (nSPS) is 11.4. The molecule has 0 radical (unpaired) electrons. The van der Waals surface area contributed by atoms with Crippen LogP contribution in [0.25, 0.3) is 5.52 Å². The van der Waals surface area contributed by atoms with E-state index in [0.717, 1.165) is 17.0 Å². The molecule has 1 N–H and O–H groups in total. The zero-order valence-corrected chi connectivity index (χ0v) is 10.4. The highest BCUT2D eigenvalue weighted by molar-refractivity contribution is 5.68. The van der Waals surface area contributed by atoms with E-state index in [1.807, 2.05) is 16.8 Å². The van der Waals surface area contributed by atoms with Crippen molar-refractivity contribution in [3.8, 4) is 12.3 Å². The number of terminal acetylenes is 1. The predicted octanol–water partition coefficient (Wildman–Crippen LogP) is 2.07. The van der Waals surface area contributed by atoms with Gasteiger partial charge in [-0.25, -0.2) is 9.50 Å². The number of hydrogen-bond donors (Lipinski definition) is 1. The fraction of sp³-hybridized carbons (Fsp3) is 0.385. The largest absolute Gasteiger partial charge is 0.357 e. The number of nitrogens with one attached hydrogen (secondary N) is 1. The Morgan fingerprint density at radius 3 is 2.88 bits per heavy atom. The molecule has 0 fully saturated rings. The van der Waals surface area contributed by atoms with Crippen LogP contribution in [0.4, 0.5) is 5.82 Å². The topological polar surface area (TPSA) is 42.2 Å². The number of hydrogen-bond acceptors (Lipinski definition) is 3. The smallest absolute Gasteiger partial charge is 0.152 e. The van der Waals surface area contributed by atoms with E-state index in [1.54, 1.807) is 6.20 Å². The van der Waals surface area contributed by atoms with Crippen LogP contribution in [0.1, 0.15) is 26.5 Å². The van der Waals surface area contributed by atoms with Gasteiger partial charge in [-0.1, -0.05) is 26.7 Å². The third-order valence-electron chi connectivity index (χ3n) is 2.52. The molecule has 0 aliphatic rings. The second-order valence-corrected chi connectivity index (χ2v) is 4.94. The summed E-state index contributed by atoms with van der Waals surface area (Å²) in [6.07, 6.45) is 8.78. The van der Waals surface area contributed by atoms with E-state index < -0.39 is 0 Å². The molecule has 0 aromatic carbocycles. The molecule has 88 valence electrons. The van der Waals surface area contributed by atoms with Crippen LogP contribution in [0.5, 0.6) is 0 Å². The first-order valence-electron chi connectivity index (χ1n) is 5.54. The van der Waals surface area contributed by atoms with Gasteiger partial charge in [-0.05, 0) is 6.07 Å². The van der Waals surface area contributed by atoms with Gasteiger partial charge in [0, 0.05) is 17.8 Å². The average Bonchev–Trinajstić information content (AvgIpc) is 2.70. The molecule has 2 rings (SSSR count). The van der Waals surface area contributed by atoms with Crippen LogP contribution in [0.15, 0.2) is 18.5 Å². The van der Waals surface area contributed by atoms with Crippen LogP contribution in [0, 0.1) is 12.3 Å². The fourth-order valence-corrected chi connectivity index (χ4v) is 1.56. The maximum Gasteiger partial charge on any atom is 0.152 e. The van der Waals surface area contributed by atoms with Crippen molar-refractivity contribution in [1.82, 2.24) is 14.6 Å². The van der Waals surface area contributed by atoms with Crippen LogP contribution in [-0.4, -0.2) is 21.1 Å². The molecule has 2 aromatic rings. The molecule has 0 saturated heterocycles. The predicted molar refractivity (Wildman–Crippen MR) is 69.0 cm³/mol. The molecule has 0 amide bonds. The Morgan fingerprint density at radius 2 is 2.24 bits per heavy atom. The summed E-state index contributed by atoms with van der Waals surface area (Å²) >= 11 is 0. The van der Waals surface area contributed by atoms with E-state index >= 15 is 0 Å². The number of rotatable bonds is 2. The maximum absolute atomic E-state index is 5.23. The Balaban J connectivity index is 2.50. The van der Waals surface area contributed by atoms with Gasteiger partial charge in [0.2, 0.25) is 0 Å². The summed E-state index contributed by atoms with van der Waals surface area (Å²) < 4.78 is 1.83.